The van der Waals surface area contributed by atoms with Gasteiger partial charge in [-0.2, -0.15) is 0 Å². The fourth-order valence-corrected chi connectivity index (χ4v) is 2.91. The number of nitrogens with two attached hydrogens (primary N) is 1. The van der Waals surface area contributed by atoms with Crippen LogP contribution in [0.5, 0.6) is 11.6 Å². The Morgan fingerprint density at radius 3 is 2.43 bits per heavy atom. The van der Waals surface area contributed by atoms with E-state index >= 15 is 0 Å². The summed E-state index contributed by atoms with van der Waals surface area (Å²) in [6.45, 7) is 6.82. The summed E-state index contributed by atoms with van der Waals surface area (Å²) >= 11 is 6.92. The Morgan fingerprint density at radius 1 is 1.14 bits per heavy atom. The number of nitrogens with zero attached hydrogens (tertiary/aromatic N) is 1. The third-order valence-corrected chi connectivity index (χ3v) is 4.09. The Balaban J connectivity index is 2.39. The number of aromatic nitrogens is 1. The van der Waals surface area contributed by atoms with Crippen LogP contribution in [0.25, 0.3) is 0 Å². The van der Waals surface area contributed by atoms with Crippen LogP contribution in [0.2, 0.25) is 0 Å². The molecule has 2 aromatic rings. The minimum absolute atomic E-state index is 0.0553. The molecule has 0 spiro atoms. The van der Waals surface area contributed by atoms with Crippen LogP contribution in [0.15, 0.2) is 39.3 Å². The topological polar surface area (TPSA) is 48.1 Å². The van der Waals surface area contributed by atoms with Gasteiger partial charge in [-0.1, -0.05) is 36.7 Å². The maximum Gasteiger partial charge on any atom is 0.219 e. The van der Waals surface area contributed by atoms with Gasteiger partial charge >= 0.3 is 0 Å². The van der Waals surface area contributed by atoms with Crippen LogP contribution in [0.3, 0.4) is 0 Å². The summed E-state index contributed by atoms with van der Waals surface area (Å²) in [5.41, 5.74) is 7.70. The molecule has 0 amide bonds. The van der Waals surface area contributed by atoms with E-state index in [-0.39, 0.29) is 5.41 Å². The zero-order valence-corrected chi connectivity index (χ0v) is 15.5. The number of ether oxygens (including phenoxy) is 1. The van der Waals surface area contributed by atoms with Gasteiger partial charge < -0.3 is 10.5 Å². The Hall–Kier alpha value is -0.910. The molecule has 112 valence electrons. The van der Waals surface area contributed by atoms with Crippen LogP contribution in [-0.4, -0.2) is 4.98 Å². The summed E-state index contributed by atoms with van der Waals surface area (Å²) in [7, 11) is 0. The molecule has 1 heterocycles. The van der Waals surface area contributed by atoms with Crippen molar-refractivity contribution in [1.29, 1.82) is 0 Å². The van der Waals surface area contributed by atoms with Gasteiger partial charge in [-0.05, 0) is 45.8 Å². The van der Waals surface area contributed by atoms with Crippen LogP contribution in [-0.2, 0) is 12.0 Å². The Kier molecular flexibility index (Phi) is 5.07. The van der Waals surface area contributed by atoms with Crippen molar-refractivity contribution in [2.45, 2.75) is 32.7 Å². The number of benzene rings is 1. The van der Waals surface area contributed by atoms with Crippen LogP contribution < -0.4 is 10.5 Å². The molecule has 1 aromatic heterocycles. The Labute approximate surface area is 142 Å². The third kappa shape index (κ3) is 4.28. The number of hydrogen-bond acceptors (Lipinski definition) is 3. The smallest absolute Gasteiger partial charge is 0.219 e. The lowest BCUT2D eigenvalue weighted by molar-refractivity contribution is 0.448. The van der Waals surface area contributed by atoms with Crippen molar-refractivity contribution in [3.05, 3.63) is 50.5 Å². The lowest BCUT2D eigenvalue weighted by atomic mass is 9.91. The predicted octanol–water partition coefficient (Wildman–Crippen LogP) is 5.16. The second kappa shape index (κ2) is 6.46. The quantitative estimate of drug-likeness (QED) is 0.756. The van der Waals surface area contributed by atoms with E-state index in [0.29, 0.717) is 12.4 Å². The zero-order chi connectivity index (χ0) is 15.6. The maximum absolute atomic E-state index is 5.91. The highest BCUT2D eigenvalue weighted by Crippen LogP contribution is 2.32. The van der Waals surface area contributed by atoms with E-state index in [9.17, 15) is 0 Å². The average Bonchev–Trinajstić information content (AvgIpc) is 2.40. The van der Waals surface area contributed by atoms with Gasteiger partial charge in [0.05, 0.1) is 10.2 Å². The van der Waals surface area contributed by atoms with Crippen molar-refractivity contribution in [3.63, 3.8) is 0 Å². The second-order valence-electron chi connectivity index (χ2n) is 5.83. The monoisotopic (exact) mass is 412 g/mol. The molecule has 5 heteroatoms. The van der Waals surface area contributed by atoms with Gasteiger partial charge in [0, 0.05) is 22.5 Å². The van der Waals surface area contributed by atoms with Gasteiger partial charge in [0.2, 0.25) is 5.88 Å². The van der Waals surface area contributed by atoms with Crippen LogP contribution in [0.1, 0.15) is 32.0 Å². The molecule has 0 aliphatic rings. The molecule has 0 fully saturated rings. The van der Waals surface area contributed by atoms with E-state index in [2.05, 4.69) is 57.6 Å². The molecule has 21 heavy (non-hydrogen) atoms. The van der Waals surface area contributed by atoms with Crippen molar-refractivity contribution < 1.29 is 4.74 Å². The normalized spacial score (nSPS) is 11.5. The first kappa shape index (κ1) is 16.5. The van der Waals surface area contributed by atoms with E-state index in [1.54, 1.807) is 0 Å². The summed E-state index contributed by atoms with van der Waals surface area (Å²) in [6.07, 6.45) is 0. The molecule has 3 nitrogen and oxygen atoms in total. The highest BCUT2D eigenvalue weighted by molar-refractivity contribution is 9.11. The van der Waals surface area contributed by atoms with Crippen molar-refractivity contribution in [2.24, 2.45) is 5.73 Å². The van der Waals surface area contributed by atoms with Crippen molar-refractivity contribution in [3.8, 4) is 11.6 Å². The minimum atomic E-state index is -0.0553. The molecule has 0 unspecified atom stereocenters. The van der Waals surface area contributed by atoms with E-state index in [4.69, 9.17) is 10.5 Å². The van der Waals surface area contributed by atoms with Gasteiger partial charge in [-0.25, -0.2) is 4.98 Å². The molecular formula is C16H18Br2N2O. The summed E-state index contributed by atoms with van der Waals surface area (Å²) in [5.74, 6) is 1.28. The number of pyridine rings is 1. The van der Waals surface area contributed by atoms with Crippen LogP contribution in [0.4, 0.5) is 0 Å². The Bertz CT molecular complexity index is 651. The van der Waals surface area contributed by atoms with Crippen molar-refractivity contribution in [2.75, 3.05) is 0 Å². The number of rotatable bonds is 3. The lowest BCUT2D eigenvalue weighted by Gasteiger charge is -2.20. The molecule has 0 saturated heterocycles. The van der Waals surface area contributed by atoms with Gasteiger partial charge in [0.1, 0.15) is 5.75 Å². The van der Waals surface area contributed by atoms with Crippen molar-refractivity contribution >= 4 is 31.9 Å². The molecule has 0 atom stereocenters. The van der Waals surface area contributed by atoms with Crippen molar-refractivity contribution in [1.82, 2.24) is 4.98 Å². The van der Waals surface area contributed by atoms with Crippen LogP contribution >= 0.6 is 31.9 Å². The molecule has 2 rings (SSSR count). The molecule has 1 aromatic carbocycles. The van der Waals surface area contributed by atoms with Crippen LogP contribution in [0, 0.1) is 0 Å². The summed E-state index contributed by atoms with van der Waals surface area (Å²) in [4.78, 5) is 4.60. The van der Waals surface area contributed by atoms with Gasteiger partial charge in [-0.15, -0.1) is 0 Å². The summed E-state index contributed by atoms with van der Waals surface area (Å²) in [6, 6.07) is 9.67. The maximum atomic E-state index is 5.91. The molecular weight excluding hydrogens is 396 g/mol. The first-order valence-electron chi connectivity index (χ1n) is 6.64. The molecule has 0 radical (unpaired) electrons. The third-order valence-electron chi connectivity index (χ3n) is 2.97. The zero-order valence-electron chi connectivity index (χ0n) is 12.3. The highest BCUT2D eigenvalue weighted by Gasteiger charge is 2.18. The predicted molar refractivity (Wildman–Crippen MR) is 92.7 cm³/mol. The summed E-state index contributed by atoms with van der Waals surface area (Å²) in [5, 5.41) is 0. The molecule has 0 aliphatic heterocycles. The van der Waals surface area contributed by atoms with E-state index < -0.39 is 0 Å². The first-order valence-corrected chi connectivity index (χ1v) is 8.22. The standard InChI is InChI=1S/C16H18Br2N2O/c1-16(2,3)14-6-10(9-19)7-15(20-14)21-13-5-4-11(17)8-12(13)18/h4-8H,9,19H2,1-3H3. The summed E-state index contributed by atoms with van der Waals surface area (Å²) < 4.78 is 7.76. The molecule has 2 N–H and O–H groups in total. The molecule has 0 saturated carbocycles. The first-order chi connectivity index (χ1) is 9.79. The minimum Gasteiger partial charge on any atom is -0.438 e. The highest BCUT2D eigenvalue weighted by atomic mass is 79.9. The van der Waals surface area contributed by atoms with E-state index in [1.165, 1.54) is 0 Å². The van der Waals surface area contributed by atoms with E-state index in [1.807, 2.05) is 30.3 Å². The SMILES string of the molecule is CC(C)(C)c1cc(CN)cc(Oc2ccc(Br)cc2Br)n1. The lowest BCUT2D eigenvalue weighted by Crippen LogP contribution is -2.15. The Morgan fingerprint density at radius 2 is 1.86 bits per heavy atom. The largest absolute Gasteiger partial charge is 0.438 e. The van der Waals surface area contributed by atoms with Gasteiger partial charge in [0.15, 0.2) is 0 Å². The second-order valence-corrected chi connectivity index (χ2v) is 7.60. The van der Waals surface area contributed by atoms with Gasteiger partial charge in [-0.3, -0.25) is 0 Å². The van der Waals surface area contributed by atoms with E-state index in [0.717, 1.165) is 26.0 Å². The van der Waals surface area contributed by atoms with Gasteiger partial charge in [0.25, 0.3) is 0 Å². The molecule has 0 bridgehead atoms. The average molecular weight is 414 g/mol. The molecule has 0 aliphatic carbocycles. The number of hydrogen-bond donors (Lipinski definition) is 1. The number of halogens is 2. The fourth-order valence-electron chi connectivity index (χ4n) is 1.78. The fraction of sp³-hybridized carbons (Fsp3) is 0.312.